The number of amides is 2. The van der Waals surface area contributed by atoms with Gasteiger partial charge < -0.3 is 19.9 Å². The molecule has 8 heteroatoms. The number of fused-ring (bicyclic) bond motifs is 3. The third kappa shape index (κ3) is 5.39. The summed E-state index contributed by atoms with van der Waals surface area (Å²) in [6.07, 6.45) is 3.96. The largest absolute Gasteiger partial charge is 0.379 e. The number of hydrogen-bond acceptors (Lipinski definition) is 6. The van der Waals surface area contributed by atoms with E-state index in [0.717, 1.165) is 91.3 Å². The first-order valence-electron chi connectivity index (χ1n) is 13.1. The van der Waals surface area contributed by atoms with Crippen LogP contribution in [-0.4, -0.2) is 111 Å². The van der Waals surface area contributed by atoms with Gasteiger partial charge in [0.15, 0.2) is 0 Å². The van der Waals surface area contributed by atoms with Crippen LogP contribution in [0.5, 0.6) is 0 Å². The number of likely N-dealkylation sites (tertiary alicyclic amines) is 1. The molecular formula is C26H39N5O3. The first kappa shape index (κ1) is 23.6. The second-order valence-corrected chi connectivity index (χ2v) is 10.1. The van der Waals surface area contributed by atoms with Crippen LogP contribution >= 0.6 is 0 Å². The average molecular weight is 470 g/mol. The van der Waals surface area contributed by atoms with Crippen LogP contribution < -0.4 is 10.2 Å². The summed E-state index contributed by atoms with van der Waals surface area (Å²) < 4.78 is 5.42. The van der Waals surface area contributed by atoms with Gasteiger partial charge in [-0.15, -0.1) is 0 Å². The van der Waals surface area contributed by atoms with E-state index in [0.29, 0.717) is 13.1 Å². The molecule has 0 spiro atoms. The Hall–Kier alpha value is -2.16. The molecule has 186 valence electrons. The summed E-state index contributed by atoms with van der Waals surface area (Å²) in [5, 5.41) is 3.24. The van der Waals surface area contributed by atoms with Crippen molar-refractivity contribution in [2.45, 2.75) is 31.7 Å². The fourth-order valence-electron chi connectivity index (χ4n) is 5.99. The van der Waals surface area contributed by atoms with E-state index in [1.807, 2.05) is 4.90 Å². The molecule has 2 atom stereocenters. The van der Waals surface area contributed by atoms with Crippen LogP contribution in [-0.2, 0) is 20.7 Å². The molecule has 0 unspecified atom stereocenters. The number of carbonyl (C=O) groups excluding carboxylic acids is 2. The fraction of sp³-hybridized carbons (Fsp3) is 0.692. The van der Waals surface area contributed by atoms with E-state index >= 15 is 0 Å². The minimum Gasteiger partial charge on any atom is -0.379 e. The lowest BCUT2D eigenvalue weighted by molar-refractivity contribution is -0.131. The van der Waals surface area contributed by atoms with Crippen LogP contribution in [0.1, 0.15) is 24.8 Å². The molecule has 4 heterocycles. The Morgan fingerprint density at radius 1 is 0.971 bits per heavy atom. The van der Waals surface area contributed by atoms with E-state index in [2.05, 4.69) is 44.3 Å². The molecule has 1 aromatic carbocycles. The normalized spacial score (nSPS) is 25.6. The van der Waals surface area contributed by atoms with Gasteiger partial charge in [-0.25, -0.2) is 0 Å². The molecule has 5 rings (SSSR count). The molecule has 0 radical (unpaired) electrons. The highest BCUT2D eigenvalue weighted by atomic mass is 16.5. The van der Waals surface area contributed by atoms with Crippen molar-refractivity contribution in [3.63, 3.8) is 0 Å². The van der Waals surface area contributed by atoms with Crippen molar-refractivity contribution in [3.05, 3.63) is 29.8 Å². The molecule has 0 bridgehead atoms. The molecule has 2 amide bonds. The van der Waals surface area contributed by atoms with Crippen molar-refractivity contribution in [2.24, 2.45) is 5.92 Å². The highest BCUT2D eigenvalue weighted by molar-refractivity contribution is 5.82. The van der Waals surface area contributed by atoms with Gasteiger partial charge in [0.05, 0.1) is 31.7 Å². The Morgan fingerprint density at radius 3 is 2.59 bits per heavy atom. The number of hydrogen-bond donors (Lipinski definition) is 1. The monoisotopic (exact) mass is 469 g/mol. The molecule has 3 saturated heterocycles. The van der Waals surface area contributed by atoms with Gasteiger partial charge in [0.25, 0.3) is 0 Å². The van der Waals surface area contributed by atoms with E-state index in [-0.39, 0.29) is 23.8 Å². The van der Waals surface area contributed by atoms with Crippen molar-refractivity contribution >= 4 is 17.5 Å². The predicted molar refractivity (Wildman–Crippen MR) is 132 cm³/mol. The first-order chi connectivity index (χ1) is 16.7. The second kappa shape index (κ2) is 11.1. The maximum Gasteiger partial charge on any atom is 0.236 e. The van der Waals surface area contributed by atoms with Crippen molar-refractivity contribution in [3.8, 4) is 0 Å². The van der Waals surface area contributed by atoms with Crippen LogP contribution in [0.25, 0.3) is 0 Å². The first-order valence-corrected chi connectivity index (χ1v) is 13.1. The zero-order chi connectivity index (χ0) is 23.3. The van der Waals surface area contributed by atoms with Crippen molar-refractivity contribution < 1.29 is 14.3 Å². The van der Waals surface area contributed by atoms with Gasteiger partial charge >= 0.3 is 0 Å². The number of piperazine rings is 1. The van der Waals surface area contributed by atoms with E-state index in [9.17, 15) is 9.59 Å². The minimum absolute atomic E-state index is 0.0945. The number of ether oxygens (including phenoxy) is 1. The Kier molecular flexibility index (Phi) is 7.67. The lowest BCUT2D eigenvalue weighted by Crippen LogP contribution is -2.62. The summed E-state index contributed by atoms with van der Waals surface area (Å²) >= 11 is 0. The highest BCUT2D eigenvalue weighted by Crippen LogP contribution is 2.36. The summed E-state index contributed by atoms with van der Waals surface area (Å²) in [6.45, 7) is 10.0. The van der Waals surface area contributed by atoms with Gasteiger partial charge in [-0.3, -0.25) is 19.4 Å². The maximum atomic E-state index is 13.4. The minimum atomic E-state index is -0.0945. The quantitative estimate of drug-likeness (QED) is 0.597. The number of anilines is 1. The van der Waals surface area contributed by atoms with Crippen LogP contribution in [0.15, 0.2) is 24.3 Å². The lowest BCUT2D eigenvalue weighted by atomic mass is 9.83. The molecule has 4 aliphatic heterocycles. The molecule has 0 aromatic heterocycles. The molecule has 0 saturated carbocycles. The standard InChI is InChI=1S/C26H39N5O3/c32-25(30-10-3-4-11-30)20-29-12-13-31-23-7-2-1-6-21(23)18-22(24(31)19-29)26(33)27-8-5-9-28-14-16-34-17-15-28/h1-2,6-7,22,24H,3-5,8-20H2,(H,27,33)/t22-,24+/m0/s1. The topological polar surface area (TPSA) is 68.4 Å². The summed E-state index contributed by atoms with van der Waals surface area (Å²) in [7, 11) is 0. The van der Waals surface area contributed by atoms with E-state index in [1.165, 1.54) is 11.3 Å². The molecule has 34 heavy (non-hydrogen) atoms. The third-order valence-electron chi connectivity index (χ3n) is 7.92. The lowest BCUT2D eigenvalue weighted by Gasteiger charge is -2.49. The summed E-state index contributed by atoms with van der Waals surface area (Å²) in [5.74, 6) is 0.299. The number of nitrogens with zero attached hydrogens (tertiary/aromatic N) is 4. The molecule has 3 fully saturated rings. The van der Waals surface area contributed by atoms with Crippen LogP contribution in [0.3, 0.4) is 0 Å². The number of benzene rings is 1. The fourth-order valence-corrected chi connectivity index (χ4v) is 5.99. The number of para-hydroxylation sites is 1. The predicted octanol–water partition coefficient (Wildman–Crippen LogP) is 0.810. The average Bonchev–Trinajstić information content (AvgIpc) is 3.42. The molecule has 1 N–H and O–H groups in total. The van der Waals surface area contributed by atoms with Gasteiger partial charge in [0.2, 0.25) is 11.8 Å². The number of rotatable bonds is 7. The molecular weight excluding hydrogens is 430 g/mol. The number of nitrogens with one attached hydrogen (secondary N) is 1. The van der Waals surface area contributed by atoms with Crippen molar-refractivity contribution in [2.75, 3.05) is 83.6 Å². The number of carbonyl (C=O) groups is 2. The summed E-state index contributed by atoms with van der Waals surface area (Å²) in [6, 6.07) is 8.61. The van der Waals surface area contributed by atoms with Gasteiger partial charge in [-0.1, -0.05) is 18.2 Å². The van der Waals surface area contributed by atoms with Crippen molar-refractivity contribution in [1.29, 1.82) is 0 Å². The summed E-state index contributed by atoms with van der Waals surface area (Å²) in [4.78, 5) is 35.3. The molecule has 1 aromatic rings. The molecule has 4 aliphatic rings. The second-order valence-electron chi connectivity index (χ2n) is 10.1. The van der Waals surface area contributed by atoms with Crippen LogP contribution in [0.2, 0.25) is 0 Å². The Bertz CT molecular complexity index is 853. The molecule has 8 nitrogen and oxygen atoms in total. The Balaban J connectivity index is 1.21. The third-order valence-corrected chi connectivity index (χ3v) is 7.92. The highest BCUT2D eigenvalue weighted by Gasteiger charge is 2.41. The van der Waals surface area contributed by atoms with E-state index < -0.39 is 0 Å². The van der Waals surface area contributed by atoms with E-state index in [4.69, 9.17) is 4.74 Å². The van der Waals surface area contributed by atoms with Gasteiger partial charge in [-0.2, -0.15) is 0 Å². The molecule has 0 aliphatic carbocycles. The van der Waals surface area contributed by atoms with Crippen LogP contribution in [0, 0.1) is 5.92 Å². The zero-order valence-corrected chi connectivity index (χ0v) is 20.3. The van der Waals surface area contributed by atoms with Crippen LogP contribution in [0.4, 0.5) is 5.69 Å². The number of morpholine rings is 1. The SMILES string of the molecule is O=C(NCCCN1CCOCC1)[C@H]1Cc2ccccc2N2CCN(CC(=O)N3CCCC3)C[C@H]12. The Labute approximate surface area is 203 Å². The zero-order valence-electron chi connectivity index (χ0n) is 20.3. The van der Waals surface area contributed by atoms with Gasteiger partial charge in [0, 0.05) is 58.0 Å². The Morgan fingerprint density at radius 2 is 1.76 bits per heavy atom. The van der Waals surface area contributed by atoms with E-state index in [1.54, 1.807) is 0 Å². The van der Waals surface area contributed by atoms with Gasteiger partial charge in [-0.05, 0) is 43.9 Å². The van der Waals surface area contributed by atoms with Gasteiger partial charge in [0.1, 0.15) is 0 Å². The van der Waals surface area contributed by atoms with Crippen molar-refractivity contribution in [1.82, 2.24) is 20.0 Å². The summed E-state index contributed by atoms with van der Waals surface area (Å²) in [5.41, 5.74) is 2.52. The maximum absolute atomic E-state index is 13.4. The smallest absolute Gasteiger partial charge is 0.236 e.